The van der Waals surface area contributed by atoms with Crippen LogP contribution in [0, 0.1) is 13.8 Å². The van der Waals surface area contributed by atoms with Crippen LogP contribution in [0.2, 0.25) is 0 Å². The standard InChI is InChI=1S/2C9H6F4O2/c1-5-2-3-6-7(4-5)15-9(12,13)8(10,11)14-6;1-5-3-2-4-6-7(5)15-9(12,13)8(10,11)14-6/h2*2-4H,1H3. The quantitative estimate of drug-likeness (QED) is 0.474. The Morgan fingerprint density at radius 3 is 1.67 bits per heavy atom. The number of hydrogen-bond donors (Lipinski definition) is 0. The number of hydrogen-bond acceptors (Lipinski definition) is 4. The van der Waals surface area contributed by atoms with Crippen molar-refractivity contribution in [2.45, 2.75) is 38.3 Å². The normalized spacial score (nSPS) is 21.1. The molecule has 30 heavy (non-hydrogen) atoms. The first-order valence-corrected chi connectivity index (χ1v) is 8.13. The van der Waals surface area contributed by atoms with Crippen LogP contribution in [0.1, 0.15) is 11.1 Å². The molecule has 2 aromatic rings. The van der Waals surface area contributed by atoms with Crippen LogP contribution in [0.25, 0.3) is 0 Å². The summed E-state index contributed by atoms with van der Waals surface area (Å²) < 4.78 is 117. The lowest BCUT2D eigenvalue weighted by Gasteiger charge is -2.32. The Morgan fingerprint density at radius 2 is 1.07 bits per heavy atom. The number of rotatable bonds is 0. The maximum Gasteiger partial charge on any atom is 0.507 e. The van der Waals surface area contributed by atoms with E-state index in [1.54, 1.807) is 6.92 Å². The van der Waals surface area contributed by atoms with Crippen LogP contribution in [-0.2, 0) is 0 Å². The van der Waals surface area contributed by atoms with Crippen LogP contribution in [0.15, 0.2) is 36.4 Å². The zero-order chi connectivity index (χ0) is 22.5. The third-order valence-electron chi connectivity index (χ3n) is 3.90. The molecule has 0 atom stereocenters. The van der Waals surface area contributed by atoms with Gasteiger partial charge in [-0.2, -0.15) is 35.1 Å². The summed E-state index contributed by atoms with van der Waals surface area (Å²) in [6.45, 7) is 3.08. The highest BCUT2D eigenvalue weighted by molar-refractivity contribution is 5.47. The lowest BCUT2D eigenvalue weighted by Crippen LogP contribution is -2.52. The fraction of sp³-hybridized carbons (Fsp3) is 0.333. The van der Waals surface area contributed by atoms with E-state index in [0.717, 1.165) is 12.1 Å². The molecule has 2 aliphatic rings. The van der Waals surface area contributed by atoms with Crippen LogP contribution < -0.4 is 18.9 Å². The van der Waals surface area contributed by atoms with Crippen molar-refractivity contribution in [3.8, 4) is 23.0 Å². The van der Waals surface area contributed by atoms with Crippen molar-refractivity contribution in [1.29, 1.82) is 0 Å². The van der Waals surface area contributed by atoms with Crippen molar-refractivity contribution < 1.29 is 54.1 Å². The fourth-order valence-electron chi connectivity index (χ4n) is 2.40. The van der Waals surface area contributed by atoms with Gasteiger partial charge in [-0.25, -0.2) is 0 Å². The molecule has 0 spiro atoms. The molecule has 0 unspecified atom stereocenters. The third kappa shape index (κ3) is 3.77. The topological polar surface area (TPSA) is 36.9 Å². The van der Waals surface area contributed by atoms with Crippen molar-refractivity contribution in [1.82, 2.24) is 0 Å². The zero-order valence-electron chi connectivity index (χ0n) is 15.1. The summed E-state index contributed by atoms with van der Waals surface area (Å²) in [6, 6.07) is 7.85. The minimum absolute atomic E-state index is 0.308. The summed E-state index contributed by atoms with van der Waals surface area (Å²) in [7, 11) is 0. The molecule has 0 saturated heterocycles. The number of benzene rings is 2. The maximum atomic E-state index is 12.7. The first-order chi connectivity index (χ1) is 13.7. The SMILES string of the molecule is Cc1ccc2c(c1)OC(F)(F)C(F)(F)O2.Cc1cccc2c1OC(F)(F)C(F)(F)O2. The van der Waals surface area contributed by atoms with E-state index < -0.39 is 30.2 Å². The Balaban J connectivity index is 0.000000171. The Labute approximate surface area is 163 Å². The molecule has 2 aromatic carbocycles. The second-order valence-electron chi connectivity index (χ2n) is 6.33. The minimum Gasteiger partial charge on any atom is -0.421 e. The molecule has 4 nitrogen and oxygen atoms in total. The van der Waals surface area contributed by atoms with Gasteiger partial charge in [-0.3, -0.25) is 0 Å². The van der Waals surface area contributed by atoms with E-state index in [1.165, 1.54) is 31.2 Å². The fourth-order valence-corrected chi connectivity index (χ4v) is 2.40. The van der Waals surface area contributed by atoms with Gasteiger partial charge >= 0.3 is 24.4 Å². The molecule has 0 saturated carbocycles. The summed E-state index contributed by atoms with van der Waals surface area (Å²) in [5.74, 6) is -1.51. The van der Waals surface area contributed by atoms with Gasteiger partial charge in [0.25, 0.3) is 0 Å². The maximum absolute atomic E-state index is 12.7. The van der Waals surface area contributed by atoms with Crippen molar-refractivity contribution in [2.24, 2.45) is 0 Å². The van der Waals surface area contributed by atoms with E-state index in [-0.39, 0.29) is 17.2 Å². The number of ether oxygens (including phenoxy) is 4. The predicted octanol–water partition coefficient (Wildman–Crippen LogP) is 5.90. The van der Waals surface area contributed by atoms with Crippen LogP contribution in [0.3, 0.4) is 0 Å². The molecule has 0 N–H and O–H groups in total. The monoisotopic (exact) mass is 444 g/mol. The molecule has 0 fully saturated rings. The highest BCUT2D eigenvalue weighted by Crippen LogP contribution is 2.48. The number of halogens is 8. The summed E-state index contributed by atoms with van der Waals surface area (Å²) in [5.41, 5.74) is 0.918. The summed E-state index contributed by atoms with van der Waals surface area (Å²) >= 11 is 0. The minimum atomic E-state index is -4.65. The van der Waals surface area contributed by atoms with Crippen LogP contribution in [-0.4, -0.2) is 24.4 Å². The van der Waals surface area contributed by atoms with Crippen molar-refractivity contribution in [3.05, 3.63) is 47.5 Å². The summed E-state index contributed by atoms with van der Waals surface area (Å²) in [6.07, 6.45) is -18.6. The van der Waals surface area contributed by atoms with Gasteiger partial charge in [0.05, 0.1) is 0 Å². The molecule has 0 aromatic heterocycles. The van der Waals surface area contributed by atoms with E-state index in [9.17, 15) is 35.1 Å². The van der Waals surface area contributed by atoms with Crippen LogP contribution in [0.5, 0.6) is 23.0 Å². The number of alkyl halides is 8. The molecule has 12 heteroatoms. The van der Waals surface area contributed by atoms with Gasteiger partial charge in [-0.05, 0) is 43.2 Å². The first kappa shape index (κ1) is 21.8. The Bertz CT molecular complexity index is 953. The van der Waals surface area contributed by atoms with E-state index in [0.29, 0.717) is 11.1 Å². The summed E-state index contributed by atoms with van der Waals surface area (Å²) in [5, 5.41) is 0. The summed E-state index contributed by atoms with van der Waals surface area (Å²) in [4.78, 5) is 0. The van der Waals surface area contributed by atoms with Gasteiger partial charge in [-0.1, -0.05) is 18.2 Å². The largest absolute Gasteiger partial charge is 0.507 e. The number of fused-ring (bicyclic) bond motifs is 2. The molecule has 0 radical (unpaired) electrons. The highest BCUT2D eigenvalue weighted by Gasteiger charge is 2.66. The van der Waals surface area contributed by atoms with E-state index >= 15 is 0 Å². The smallest absolute Gasteiger partial charge is 0.421 e. The lowest BCUT2D eigenvalue weighted by atomic mass is 10.2. The molecule has 2 heterocycles. The van der Waals surface area contributed by atoms with Crippen LogP contribution >= 0.6 is 0 Å². The van der Waals surface area contributed by atoms with Gasteiger partial charge in [0, 0.05) is 0 Å². The Kier molecular flexibility index (Phi) is 4.94. The van der Waals surface area contributed by atoms with E-state index in [4.69, 9.17) is 0 Å². The average molecular weight is 444 g/mol. The first-order valence-electron chi connectivity index (χ1n) is 8.13. The zero-order valence-corrected chi connectivity index (χ0v) is 15.1. The molecule has 2 aliphatic heterocycles. The Morgan fingerprint density at radius 1 is 0.567 bits per heavy atom. The number of para-hydroxylation sites is 1. The van der Waals surface area contributed by atoms with Crippen molar-refractivity contribution >= 4 is 0 Å². The third-order valence-corrected chi connectivity index (χ3v) is 3.90. The van der Waals surface area contributed by atoms with Gasteiger partial charge in [0.15, 0.2) is 23.0 Å². The molecular weight excluding hydrogens is 432 g/mol. The second-order valence-corrected chi connectivity index (χ2v) is 6.33. The molecule has 164 valence electrons. The van der Waals surface area contributed by atoms with Gasteiger partial charge in [0.2, 0.25) is 0 Å². The predicted molar refractivity (Wildman–Crippen MR) is 84.7 cm³/mol. The van der Waals surface area contributed by atoms with Gasteiger partial charge in [0.1, 0.15) is 0 Å². The average Bonchev–Trinajstić information content (AvgIpc) is 2.58. The molecule has 0 aliphatic carbocycles. The second kappa shape index (κ2) is 6.81. The van der Waals surface area contributed by atoms with Crippen molar-refractivity contribution in [2.75, 3.05) is 0 Å². The number of aryl methyl sites for hydroxylation is 2. The Hall–Kier alpha value is -2.92. The van der Waals surface area contributed by atoms with E-state index in [1.807, 2.05) is 0 Å². The molecule has 4 rings (SSSR count). The molecule has 0 bridgehead atoms. The molecular formula is C18H12F8O4. The van der Waals surface area contributed by atoms with Gasteiger partial charge in [-0.15, -0.1) is 0 Å². The van der Waals surface area contributed by atoms with Gasteiger partial charge < -0.3 is 18.9 Å². The van der Waals surface area contributed by atoms with E-state index in [2.05, 4.69) is 18.9 Å². The van der Waals surface area contributed by atoms with Crippen LogP contribution in [0.4, 0.5) is 35.1 Å². The lowest BCUT2D eigenvalue weighted by molar-refractivity contribution is -0.391. The highest BCUT2D eigenvalue weighted by atomic mass is 19.3. The molecule has 0 amide bonds. The van der Waals surface area contributed by atoms with Crippen molar-refractivity contribution in [3.63, 3.8) is 0 Å².